The van der Waals surface area contributed by atoms with Crippen molar-refractivity contribution < 1.29 is 14.4 Å². The highest BCUT2D eigenvalue weighted by molar-refractivity contribution is 6.76. The van der Waals surface area contributed by atoms with Gasteiger partial charge < -0.3 is 24.9 Å². The molecule has 2 N–H and O–H groups in total. The Morgan fingerprint density at radius 1 is 0.833 bits per heavy atom. The molecule has 0 saturated heterocycles. The van der Waals surface area contributed by atoms with Gasteiger partial charge in [-0.3, -0.25) is 10.1 Å². The maximum atomic E-state index is 10.8. The van der Waals surface area contributed by atoms with Crippen molar-refractivity contribution >= 4 is 61.0 Å². The molecule has 14 heteroatoms. The highest BCUT2D eigenvalue weighted by atomic mass is 28.3. The van der Waals surface area contributed by atoms with Crippen molar-refractivity contribution in [1.29, 1.82) is 0 Å². The molecule has 0 aliphatic heterocycles. The van der Waals surface area contributed by atoms with Crippen molar-refractivity contribution in [2.45, 2.75) is 64.8 Å². The van der Waals surface area contributed by atoms with Gasteiger partial charge in [0.15, 0.2) is 13.5 Å². The maximum Gasteiger partial charge on any atom is 0.303 e. The average molecular weight is 607 g/mol. The Morgan fingerprint density at radius 2 is 1.29 bits per heavy atom. The summed E-state index contributed by atoms with van der Waals surface area (Å²) in [5.41, 5.74) is 7.91. The van der Waals surface area contributed by atoms with Gasteiger partial charge in [-0.1, -0.05) is 52.4 Å². The minimum absolute atomic E-state index is 0.0448. The molecule has 2 aromatic carbocycles. The van der Waals surface area contributed by atoms with Crippen LogP contribution in [-0.4, -0.2) is 53.8 Å². The topological polar surface area (TPSA) is 132 Å². The number of benzene rings is 2. The van der Waals surface area contributed by atoms with E-state index in [2.05, 4.69) is 59.2 Å². The molecule has 0 spiro atoms. The fourth-order valence-corrected chi connectivity index (χ4v) is 5.38. The lowest BCUT2D eigenvalue weighted by Gasteiger charge is -2.15. The van der Waals surface area contributed by atoms with Gasteiger partial charge in [0, 0.05) is 58.0 Å². The fraction of sp³-hybridized carbons (Fsp3) is 0.429. The third kappa shape index (κ3) is 8.96. The van der Waals surface area contributed by atoms with Crippen LogP contribution in [0.15, 0.2) is 36.4 Å². The number of nitrogens with zero attached hydrogens (tertiary/aromatic N) is 7. The monoisotopic (exact) mass is 606 g/mol. The number of rotatable bonds is 11. The van der Waals surface area contributed by atoms with E-state index in [9.17, 15) is 10.1 Å². The molecule has 222 valence electrons. The highest BCUT2D eigenvalue weighted by Gasteiger charge is 2.18. The summed E-state index contributed by atoms with van der Waals surface area (Å²) in [5.74, 6) is 0.536. The maximum absolute atomic E-state index is 10.8. The first-order valence-corrected chi connectivity index (χ1v) is 21.0. The Hall–Kier alpha value is -4.09. The summed E-state index contributed by atoms with van der Waals surface area (Å²) in [6, 6.07) is 12.1. The standard InChI is InChI=1S/C14H18N4O3Si.C14H20N4OSi/c1-15-14-12-9-11(18(19)20)5-6-13(12)17(16-14)10-21-7-8-22(2,3)4;1-16-14-12-9-11(15)5-6-13(12)18(17-14)10-19-7-8-20(2,3)4/h5-6,9H,7-8,10H2,2-4H3;5-6,9H,7-8,10,15H2,2-4H3. The second-order valence-electron chi connectivity index (χ2n) is 12.3. The van der Waals surface area contributed by atoms with E-state index in [1.54, 1.807) is 21.5 Å². The zero-order valence-electron chi connectivity index (χ0n) is 25.0. The van der Waals surface area contributed by atoms with Crippen molar-refractivity contribution in [2.24, 2.45) is 0 Å². The summed E-state index contributed by atoms with van der Waals surface area (Å²) < 4.78 is 14.6. The van der Waals surface area contributed by atoms with E-state index in [0.717, 1.165) is 29.6 Å². The van der Waals surface area contributed by atoms with E-state index >= 15 is 0 Å². The minimum Gasteiger partial charge on any atom is -0.399 e. The van der Waals surface area contributed by atoms with Crippen molar-refractivity contribution in [2.75, 3.05) is 18.9 Å². The smallest absolute Gasteiger partial charge is 0.303 e. The zero-order chi connectivity index (χ0) is 31.1. The first-order valence-electron chi connectivity index (χ1n) is 13.5. The van der Waals surface area contributed by atoms with E-state index in [0.29, 0.717) is 35.7 Å². The quantitative estimate of drug-likeness (QED) is 0.0473. The van der Waals surface area contributed by atoms with Gasteiger partial charge in [0.05, 0.1) is 16.0 Å². The summed E-state index contributed by atoms with van der Waals surface area (Å²) in [5, 5.41) is 20.6. The van der Waals surface area contributed by atoms with Crippen LogP contribution in [0.4, 0.5) is 23.0 Å². The van der Waals surface area contributed by atoms with Gasteiger partial charge in [0.25, 0.3) is 5.69 Å². The number of nitro groups is 1. The van der Waals surface area contributed by atoms with Crippen LogP contribution in [0.2, 0.25) is 51.4 Å². The number of anilines is 1. The van der Waals surface area contributed by atoms with Crippen LogP contribution in [0.5, 0.6) is 0 Å². The summed E-state index contributed by atoms with van der Waals surface area (Å²) >= 11 is 0. The second-order valence-corrected chi connectivity index (χ2v) is 23.5. The van der Waals surface area contributed by atoms with Crippen LogP contribution in [-0.2, 0) is 22.9 Å². The average Bonchev–Trinajstić information content (AvgIpc) is 3.45. The fourth-order valence-electron chi connectivity index (χ4n) is 3.86. The molecule has 0 bridgehead atoms. The molecule has 0 unspecified atom stereocenters. The second kappa shape index (κ2) is 13.7. The van der Waals surface area contributed by atoms with Crippen molar-refractivity contribution in [1.82, 2.24) is 19.6 Å². The Labute approximate surface area is 247 Å². The molecule has 0 aliphatic carbocycles. The number of hydrogen-bond donors (Lipinski definition) is 1. The zero-order valence-corrected chi connectivity index (χ0v) is 27.0. The Balaban J connectivity index is 0.000000231. The molecule has 0 aliphatic rings. The first-order chi connectivity index (χ1) is 19.7. The van der Waals surface area contributed by atoms with E-state index in [1.807, 2.05) is 12.1 Å². The lowest BCUT2D eigenvalue weighted by molar-refractivity contribution is -0.384. The van der Waals surface area contributed by atoms with Gasteiger partial charge in [-0.15, -0.1) is 0 Å². The van der Waals surface area contributed by atoms with Crippen molar-refractivity contribution in [3.05, 3.63) is 69.3 Å². The Morgan fingerprint density at radius 3 is 1.71 bits per heavy atom. The van der Waals surface area contributed by atoms with Crippen LogP contribution in [0.3, 0.4) is 0 Å². The van der Waals surface area contributed by atoms with E-state index in [1.165, 1.54) is 12.1 Å². The van der Waals surface area contributed by atoms with Crippen LogP contribution in [0.25, 0.3) is 31.5 Å². The number of ether oxygens (including phenoxy) is 2. The van der Waals surface area contributed by atoms with Gasteiger partial charge in [-0.05, 0) is 46.6 Å². The van der Waals surface area contributed by atoms with Gasteiger partial charge in [-0.25, -0.2) is 0 Å². The van der Waals surface area contributed by atoms with Crippen molar-refractivity contribution in [3.8, 4) is 0 Å². The molecule has 4 rings (SSSR count). The van der Waals surface area contributed by atoms with Crippen LogP contribution >= 0.6 is 0 Å². The first kappa shape index (κ1) is 32.4. The summed E-state index contributed by atoms with van der Waals surface area (Å²) in [4.78, 5) is 17.1. The lowest BCUT2D eigenvalue weighted by atomic mass is 10.2. The summed E-state index contributed by atoms with van der Waals surface area (Å²) in [7, 11) is -2.23. The van der Waals surface area contributed by atoms with Gasteiger partial charge >= 0.3 is 11.6 Å². The highest BCUT2D eigenvalue weighted by Crippen LogP contribution is 2.29. The molecule has 4 aromatic rings. The third-order valence-electron chi connectivity index (χ3n) is 6.31. The molecule has 0 atom stereocenters. The van der Waals surface area contributed by atoms with E-state index in [-0.39, 0.29) is 18.2 Å². The molecular weight excluding hydrogens is 569 g/mol. The van der Waals surface area contributed by atoms with Crippen molar-refractivity contribution in [3.63, 3.8) is 0 Å². The van der Waals surface area contributed by atoms with Crippen LogP contribution in [0.1, 0.15) is 0 Å². The van der Waals surface area contributed by atoms with Crippen LogP contribution < -0.4 is 5.73 Å². The summed E-state index contributed by atoms with van der Waals surface area (Å²) in [6.07, 6.45) is 0. The molecule has 0 amide bonds. The number of nitrogen functional groups attached to an aromatic ring is 1. The van der Waals surface area contributed by atoms with Gasteiger partial charge in [0.1, 0.15) is 0 Å². The molecule has 42 heavy (non-hydrogen) atoms. The molecule has 2 heterocycles. The number of nitrogens with two attached hydrogens (primary N) is 1. The number of non-ortho nitro benzene ring substituents is 1. The SMILES string of the molecule is [C-]#[N+]c1nn(COCC[Si](C)(C)C)c2ccc(N)cc12.[C-]#[N+]c1nn(COCC[Si](C)(C)C)c2ccc([N+](=O)[O-])cc12. The molecule has 12 nitrogen and oxygen atoms in total. The van der Waals surface area contributed by atoms with E-state index in [4.69, 9.17) is 28.4 Å². The molecule has 0 fully saturated rings. The Kier molecular flexibility index (Phi) is 10.6. The minimum atomic E-state index is -1.15. The normalized spacial score (nSPS) is 11.6. The van der Waals surface area contributed by atoms with Gasteiger partial charge in [-0.2, -0.15) is 9.36 Å². The molecule has 0 saturated carbocycles. The predicted octanol–water partition coefficient (Wildman–Crippen LogP) is 7.29. The largest absolute Gasteiger partial charge is 0.399 e. The van der Waals surface area contributed by atoms with Crippen LogP contribution in [0, 0.1) is 23.3 Å². The molecular formula is C28H38N8O4Si2. The molecule has 2 aromatic heterocycles. The number of fused-ring (bicyclic) bond motifs is 2. The van der Waals surface area contributed by atoms with E-state index < -0.39 is 21.1 Å². The number of nitro benzene ring substituents is 1. The predicted molar refractivity (Wildman–Crippen MR) is 171 cm³/mol. The lowest BCUT2D eigenvalue weighted by Crippen LogP contribution is -2.22. The number of aromatic nitrogens is 4. The van der Waals surface area contributed by atoms with Gasteiger partial charge in [0.2, 0.25) is 0 Å². The summed E-state index contributed by atoms with van der Waals surface area (Å²) in [6.45, 7) is 30.1. The number of hydrogen-bond acceptors (Lipinski definition) is 7. The Bertz CT molecular complexity index is 1640. The third-order valence-corrected chi connectivity index (χ3v) is 9.72. The molecule has 0 radical (unpaired) electrons.